The topological polar surface area (TPSA) is 85.9 Å². The van der Waals surface area contributed by atoms with Gasteiger partial charge >= 0.3 is 5.76 Å². The number of carbonyl (C=O) groups is 1. The van der Waals surface area contributed by atoms with Gasteiger partial charge in [-0.1, -0.05) is 126 Å². The van der Waals surface area contributed by atoms with Crippen LogP contribution >= 0.6 is 22.6 Å². The number of hydrogen-bond acceptors (Lipinski definition) is 6. The van der Waals surface area contributed by atoms with E-state index in [2.05, 4.69) is 52.2 Å². The van der Waals surface area contributed by atoms with E-state index in [9.17, 15) is 9.59 Å². The Kier molecular flexibility index (Phi) is 10.6. The van der Waals surface area contributed by atoms with Crippen LogP contribution in [0.25, 0.3) is 22.6 Å². The highest BCUT2D eigenvalue weighted by molar-refractivity contribution is 14.1. The maximum absolute atomic E-state index is 14.1. The zero-order valence-corrected chi connectivity index (χ0v) is 29.4. The number of amides is 1. The molecule has 0 spiro atoms. The van der Waals surface area contributed by atoms with Crippen LogP contribution in [-0.4, -0.2) is 57.2 Å². The Morgan fingerprint density at radius 3 is 2.18 bits per heavy atom. The number of ether oxygens (including phenoxy) is 2. The molecule has 0 aliphatic carbocycles. The third kappa shape index (κ3) is 7.84. The largest absolute Gasteiger partial charge is 0.489 e. The summed E-state index contributed by atoms with van der Waals surface area (Å²) in [6.07, 6.45) is 1.93. The minimum atomic E-state index is -0.393. The van der Waals surface area contributed by atoms with E-state index in [-0.39, 0.29) is 28.0 Å². The molecular formula is C40H40IN3O5. The van der Waals surface area contributed by atoms with Crippen molar-refractivity contribution < 1.29 is 18.7 Å². The van der Waals surface area contributed by atoms with Crippen LogP contribution in [-0.2, 0) is 29.1 Å². The molecule has 4 atom stereocenters. The predicted octanol–water partition coefficient (Wildman–Crippen LogP) is 6.75. The van der Waals surface area contributed by atoms with E-state index >= 15 is 0 Å². The maximum Gasteiger partial charge on any atom is 0.419 e. The second-order valence-electron chi connectivity index (χ2n) is 12.7. The third-order valence-corrected chi connectivity index (χ3v) is 10.6. The Morgan fingerprint density at radius 1 is 0.796 bits per heavy atom. The first kappa shape index (κ1) is 33.3. The lowest BCUT2D eigenvalue weighted by Gasteiger charge is -2.45. The van der Waals surface area contributed by atoms with Gasteiger partial charge in [-0.3, -0.25) is 9.36 Å². The van der Waals surface area contributed by atoms with Crippen molar-refractivity contribution in [3.8, 4) is 28.3 Å². The SMILES string of the molecule is O=C1[C@@H](CCCn2c(-c3ccccc3)c(-c3ccccc3)oc2=O)N[C@H]2CN1[C@@H](Cc1ccc(OCc3ccccc3)cc1)COC[C@H]2I. The Bertz CT molecular complexity index is 1880. The fourth-order valence-electron chi connectivity index (χ4n) is 6.80. The average Bonchev–Trinajstić information content (AvgIpc) is 3.47. The number of aromatic nitrogens is 1. The first-order chi connectivity index (χ1) is 24.0. The van der Waals surface area contributed by atoms with Crippen LogP contribution in [0.5, 0.6) is 5.75 Å². The summed E-state index contributed by atoms with van der Waals surface area (Å²) in [4.78, 5) is 29.4. The van der Waals surface area contributed by atoms with Gasteiger partial charge in [0.25, 0.3) is 0 Å². The molecule has 2 aliphatic heterocycles. The number of benzene rings is 4. The van der Waals surface area contributed by atoms with Crippen molar-refractivity contribution in [3.63, 3.8) is 0 Å². The molecule has 49 heavy (non-hydrogen) atoms. The quantitative estimate of drug-likeness (QED) is 0.118. The van der Waals surface area contributed by atoms with Crippen LogP contribution in [0.15, 0.2) is 124 Å². The van der Waals surface area contributed by atoms with Crippen molar-refractivity contribution in [2.24, 2.45) is 0 Å². The predicted molar refractivity (Wildman–Crippen MR) is 199 cm³/mol. The molecular weight excluding hydrogens is 729 g/mol. The van der Waals surface area contributed by atoms with E-state index in [1.165, 1.54) is 0 Å². The van der Waals surface area contributed by atoms with Crippen LogP contribution in [0.3, 0.4) is 0 Å². The molecule has 0 unspecified atom stereocenters. The summed E-state index contributed by atoms with van der Waals surface area (Å²) in [7, 11) is 0. The number of hydrogen-bond donors (Lipinski definition) is 1. The monoisotopic (exact) mass is 769 g/mol. The fraction of sp³-hybridized carbons (Fsp3) is 0.300. The zero-order valence-electron chi connectivity index (χ0n) is 27.2. The van der Waals surface area contributed by atoms with Gasteiger partial charge in [0, 0.05) is 30.3 Å². The summed E-state index contributed by atoms with van der Waals surface area (Å²) in [5.74, 6) is 1.07. The van der Waals surface area contributed by atoms with Crippen molar-refractivity contribution in [1.82, 2.24) is 14.8 Å². The van der Waals surface area contributed by atoms with Gasteiger partial charge in [0.05, 0.1) is 34.9 Å². The van der Waals surface area contributed by atoms with E-state index in [4.69, 9.17) is 13.9 Å². The number of carbonyl (C=O) groups excluding carboxylic acids is 1. The number of nitrogens with zero attached hydrogens (tertiary/aromatic N) is 2. The fourth-order valence-corrected chi connectivity index (χ4v) is 7.48. The molecule has 4 aromatic carbocycles. The Hall–Kier alpha value is -4.19. The van der Waals surface area contributed by atoms with Gasteiger partial charge in [-0.05, 0) is 42.5 Å². The second-order valence-corrected chi connectivity index (χ2v) is 14.3. The highest BCUT2D eigenvalue weighted by Crippen LogP contribution is 2.32. The number of nitrogens with one attached hydrogen (secondary N) is 1. The van der Waals surface area contributed by atoms with E-state index in [1.807, 2.05) is 95.9 Å². The summed E-state index contributed by atoms with van der Waals surface area (Å²) >= 11 is 2.44. The summed E-state index contributed by atoms with van der Waals surface area (Å²) in [5, 5.41) is 3.64. The highest BCUT2D eigenvalue weighted by Gasteiger charge is 2.41. The van der Waals surface area contributed by atoms with Crippen LogP contribution in [0.2, 0.25) is 0 Å². The zero-order chi connectivity index (χ0) is 33.6. The van der Waals surface area contributed by atoms with Crippen molar-refractivity contribution in [2.45, 2.75) is 54.5 Å². The summed E-state index contributed by atoms with van der Waals surface area (Å²) in [5.41, 5.74) is 4.78. The Balaban J connectivity index is 1.04. The molecule has 1 amide bonds. The van der Waals surface area contributed by atoms with Crippen LogP contribution in [0.1, 0.15) is 24.0 Å². The first-order valence-electron chi connectivity index (χ1n) is 16.9. The van der Waals surface area contributed by atoms with Gasteiger partial charge in [-0.2, -0.15) is 0 Å². The Labute approximate surface area is 300 Å². The van der Waals surface area contributed by atoms with Crippen LogP contribution in [0.4, 0.5) is 0 Å². The first-order valence-corrected chi connectivity index (χ1v) is 18.2. The standard InChI is InChI=1S/C40H40IN3O5/c41-34-27-47-26-32(23-28-18-20-33(21-19-28)48-25-29-11-4-1-5-12-29)44-24-36(34)42-35(39(44)45)17-10-22-43-37(30-13-6-2-7-14-30)38(49-40(43)46)31-15-8-3-9-16-31/h1-9,11-16,18-21,32,34-36,42H,10,17,22-27H2/t32-,34+,35+,36-/m0/s1. The molecule has 7 rings (SSSR count). The number of oxazole rings is 1. The number of halogens is 1. The molecule has 0 saturated carbocycles. The van der Waals surface area contributed by atoms with Gasteiger partial charge in [0.1, 0.15) is 12.4 Å². The lowest BCUT2D eigenvalue weighted by molar-refractivity contribution is -0.143. The lowest BCUT2D eigenvalue weighted by atomic mass is 9.97. The minimum absolute atomic E-state index is 0.0748. The number of fused-ring (bicyclic) bond motifs is 2. The maximum atomic E-state index is 14.1. The number of rotatable bonds is 11. The van der Waals surface area contributed by atoms with Crippen molar-refractivity contribution in [3.05, 3.63) is 137 Å². The van der Waals surface area contributed by atoms with Gasteiger partial charge in [0.2, 0.25) is 5.91 Å². The normalized spacial score (nSPS) is 20.8. The molecule has 3 heterocycles. The molecule has 2 saturated heterocycles. The van der Waals surface area contributed by atoms with Crippen molar-refractivity contribution in [2.75, 3.05) is 19.8 Å². The average molecular weight is 770 g/mol. The van der Waals surface area contributed by atoms with Crippen LogP contribution < -0.4 is 15.8 Å². The molecule has 0 radical (unpaired) electrons. The smallest absolute Gasteiger partial charge is 0.419 e. The molecule has 8 nitrogen and oxygen atoms in total. The minimum Gasteiger partial charge on any atom is -0.489 e. The summed E-state index contributed by atoms with van der Waals surface area (Å²) < 4.78 is 19.9. The molecule has 5 aromatic rings. The number of piperazine rings is 1. The van der Waals surface area contributed by atoms with Gasteiger partial charge in [-0.25, -0.2) is 4.79 Å². The van der Waals surface area contributed by atoms with Crippen LogP contribution in [0, 0.1) is 0 Å². The summed E-state index contributed by atoms with van der Waals surface area (Å²) in [6.45, 7) is 2.72. The van der Waals surface area contributed by atoms with Gasteiger partial charge in [-0.15, -0.1) is 0 Å². The molecule has 252 valence electrons. The Morgan fingerprint density at radius 2 is 1.47 bits per heavy atom. The van der Waals surface area contributed by atoms with E-state index in [1.54, 1.807) is 4.57 Å². The van der Waals surface area contributed by atoms with Crippen molar-refractivity contribution >= 4 is 28.5 Å². The van der Waals surface area contributed by atoms with Gasteiger partial charge in [0.15, 0.2) is 5.76 Å². The molecule has 1 aromatic heterocycles. The van der Waals surface area contributed by atoms with E-state index in [0.717, 1.165) is 33.7 Å². The van der Waals surface area contributed by atoms with E-state index < -0.39 is 5.76 Å². The van der Waals surface area contributed by atoms with E-state index in [0.29, 0.717) is 57.9 Å². The number of alkyl halides is 1. The van der Waals surface area contributed by atoms with Crippen molar-refractivity contribution in [1.29, 1.82) is 0 Å². The second kappa shape index (κ2) is 15.6. The molecule has 9 heteroatoms. The molecule has 2 aliphatic rings. The highest BCUT2D eigenvalue weighted by atomic mass is 127. The molecule has 1 N–H and O–H groups in total. The molecule has 2 bridgehead atoms. The summed E-state index contributed by atoms with van der Waals surface area (Å²) in [6, 6.07) is 37.6. The third-order valence-electron chi connectivity index (χ3n) is 9.35. The molecule has 2 fully saturated rings. The van der Waals surface area contributed by atoms with Gasteiger partial charge < -0.3 is 24.1 Å². The lowest BCUT2D eigenvalue weighted by Crippen LogP contribution is -2.66.